The first kappa shape index (κ1) is 27.1. The number of rotatable bonds is 11. The SMILES string of the molecule is CC.CC.CCCN(CCC)CCCCN(C)CC1C=CC(C#N)=CC1. The van der Waals surface area contributed by atoms with E-state index in [2.05, 4.69) is 48.9 Å². The fourth-order valence-corrected chi connectivity index (χ4v) is 3.06. The van der Waals surface area contributed by atoms with E-state index in [0.717, 1.165) is 18.5 Å². The quantitative estimate of drug-likeness (QED) is 0.428. The molecule has 0 aromatic carbocycles. The molecule has 152 valence electrons. The summed E-state index contributed by atoms with van der Waals surface area (Å²) in [5, 5.41) is 8.84. The van der Waals surface area contributed by atoms with Gasteiger partial charge < -0.3 is 9.80 Å². The van der Waals surface area contributed by atoms with Gasteiger partial charge in [0.15, 0.2) is 0 Å². The maximum absolute atomic E-state index is 8.84. The van der Waals surface area contributed by atoms with E-state index in [1.807, 2.05) is 33.8 Å². The first-order chi connectivity index (χ1) is 12.7. The Labute approximate surface area is 164 Å². The molecule has 0 N–H and O–H groups in total. The van der Waals surface area contributed by atoms with Crippen molar-refractivity contribution >= 4 is 0 Å². The summed E-state index contributed by atoms with van der Waals surface area (Å²) in [5.41, 5.74) is 0.811. The van der Waals surface area contributed by atoms with Crippen molar-refractivity contribution in [3.8, 4) is 6.07 Å². The first-order valence-corrected chi connectivity index (χ1v) is 10.9. The van der Waals surface area contributed by atoms with Crippen LogP contribution in [-0.2, 0) is 0 Å². The lowest BCUT2D eigenvalue weighted by atomic mass is 9.97. The van der Waals surface area contributed by atoms with Gasteiger partial charge >= 0.3 is 0 Å². The van der Waals surface area contributed by atoms with Gasteiger partial charge in [0, 0.05) is 12.1 Å². The predicted molar refractivity (Wildman–Crippen MR) is 117 cm³/mol. The van der Waals surface area contributed by atoms with Crippen molar-refractivity contribution in [2.45, 2.75) is 73.6 Å². The Kier molecular flexibility index (Phi) is 21.1. The number of nitriles is 1. The van der Waals surface area contributed by atoms with Gasteiger partial charge in [-0.1, -0.05) is 53.7 Å². The molecule has 3 nitrogen and oxygen atoms in total. The van der Waals surface area contributed by atoms with Gasteiger partial charge in [0.25, 0.3) is 0 Å². The van der Waals surface area contributed by atoms with E-state index in [4.69, 9.17) is 5.26 Å². The minimum absolute atomic E-state index is 0.568. The molecule has 0 saturated heterocycles. The van der Waals surface area contributed by atoms with E-state index in [-0.39, 0.29) is 0 Å². The Morgan fingerprint density at radius 3 is 2.04 bits per heavy atom. The second-order valence-electron chi connectivity index (χ2n) is 6.44. The van der Waals surface area contributed by atoms with Gasteiger partial charge in [-0.2, -0.15) is 5.26 Å². The summed E-state index contributed by atoms with van der Waals surface area (Å²) < 4.78 is 0. The maximum Gasteiger partial charge on any atom is 0.0988 e. The third-order valence-corrected chi connectivity index (χ3v) is 4.21. The van der Waals surface area contributed by atoms with Crippen molar-refractivity contribution < 1.29 is 0 Å². The molecule has 1 atom stereocenters. The van der Waals surface area contributed by atoms with Crippen molar-refractivity contribution in [1.82, 2.24) is 9.80 Å². The highest BCUT2D eigenvalue weighted by Gasteiger charge is 2.11. The standard InChI is InChI=1S/C19H33N3.2C2H6/c1-4-12-22(13-5-2)15-7-6-14-21(3)17-19-10-8-18(16-20)9-11-19;2*1-2/h8-10,19H,4-7,11-15,17H2,1-3H3;2*1-2H3. The summed E-state index contributed by atoms with van der Waals surface area (Å²) >= 11 is 0. The summed E-state index contributed by atoms with van der Waals surface area (Å²) in [6, 6.07) is 2.21. The zero-order valence-electron chi connectivity index (χ0n) is 18.7. The van der Waals surface area contributed by atoms with E-state index < -0.39 is 0 Å². The van der Waals surface area contributed by atoms with Crippen LogP contribution in [0.1, 0.15) is 73.6 Å². The smallest absolute Gasteiger partial charge is 0.0988 e. The van der Waals surface area contributed by atoms with Crippen LogP contribution in [0.5, 0.6) is 0 Å². The zero-order chi connectivity index (χ0) is 20.2. The molecule has 0 heterocycles. The molecule has 0 saturated carbocycles. The Hall–Kier alpha value is -1.11. The molecule has 0 radical (unpaired) electrons. The van der Waals surface area contributed by atoms with E-state index >= 15 is 0 Å². The Bertz CT molecular complexity index is 387. The first-order valence-electron chi connectivity index (χ1n) is 10.9. The van der Waals surface area contributed by atoms with Gasteiger partial charge in [0.2, 0.25) is 0 Å². The lowest BCUT2D eigenvalue weighted by Gasteiger charge is -2.24. The van der Waals surface area contributed by atoms with Crippen LogP contribution < -0.4 is 0 Å². The molecule has 0 amide bonds. The molecule has 26 heavy (non-hydrogen) atoms. The van der Waals surface area contributed by atoms with Crippen LogP contribution in [0, 0.1) is 17.2 Å². The second kappa shape index (κ2) is 20.2. The topological polar surface area (TPSA) is 30.3 Å². The van der Waals surface area contributed by atoms with Crippen molar-refractivity contribution in [2.75, 3.05) is 39.8 Å². The highest BCUT2D eigenvalue weighted by atomic mass is 15.1. The second-order valence-corrected chi connectivity index (χ2v) is 6.44. The molecule has 0 aromatic rings. The van der Waals surface area contributed by atoms with Gasteiger partial charge in [0.05, 0.1) is 6.07 Å². The number of allylic oxidation sites excluding steroid dienone is 3. The lowest BCUT2D eigenvalue weighted by Crippen LogP contribution is -2.29. The van der Waals surface area contributed by atoms with Gasteiger partial charge in [-0.25, -0.2) is 0 Å². The molecule has 1 aliphatic carbocycles. The van der Waals surface area contributed by atoms with Crippen LogP contribution in [0.4, 0.5) is 0 Å². The minimum Gasteiger partial charge on any atom is -0.306 e. The Morgan fingerprint density at radius 2 is 1.58 bits per heavy atom. The average Bonchev–Trinajstić information content (AvgIpc) is 2.69. The van der Waals surface area contributed by atoms with E-state index in [0.29, 0.717) is 5.92 Å². The molecule has 0 spiro atoms. The third-order valence-electron chi connectivity index (χ3n) is 4.21. The minimum atomic E-state index is 0.568. The fraction of sp³-hybridized carbons (Fsp3) is 0.783. The number of nitrogens with zero attached hydrogens (tertiary/aromatic N) is 3. The molecule has 0 fully saturated rings. The molecule has 0 aromatic heterocycles. The normalized spacial score (nSPS) is 15.5. The summed E-state index contributed by atoms with van der Waals surface area (Å²) in [5.74, 6) is 0.568. The molecule has 0 bridgehead atoms. The zero-order valence-corrected chi connectivity index (χ0v) is 18.7. The van der Waals surface area contributed by atoms with Gasteiger partial charge in [-0.15, -0.1) is 0 Å². The molecule has 1 unspecified atom stereocenters. The van der Waals surface area contributed by atoms with Crippen molar-refractivity contribution in [3.63, 3.8) is 0 Å². The highest BCUT2D eigenvalue weighted by Crippen LogP contribution is 2.16. The fourth-order valence-electron chi connectivity index (χ4n) is 3.06. The van der Waals surface area contributed by atoms with E-state index in [9.17, 15) is 0 Å². The molecular weight excluding hydrogens is 318 g/mol. The molecule has 0 aliphatic heterocycles. The van der Waals surface area contributed by atoms with E-state index in [1.54, 1.807) is 0 Å². The number of hydrogen-bond donors (Lipinski definition) is 0. The van der Waals surface area contributed by atoms with Crippen LogP contribution in [0.2, 0.25) is 0 Å². The summed E-state index contributed by atoms with van der Waals surface area (Å²) in [7, 11) is 2.22. The van der Waals surface area contributed by atoms with Gasteiger partial charge in [-0.05, 0) is 77.3 Å². The number of hydrogen-bond acceptors (Lipinski definition) is 3. The van der Waals surface area contributed by atoms with Gasteiger partial charge in [0.1, 0.15) is 0 Å². The number of unbranched alkanes of at least 4 members (excludes halogenated alkanes) is 1. The monoisotopic (exact) mass is 363 g/mol. The summed E-state index contributed by atoms with van der Waals surface area (Å²) in [6.07, 6.45) is 12.3. The van der Waals surface area contributed by atoms with Crippen LogP contribution >= 0.6 is 0 Å². The molecule has 3 heteroatoms. The molecule has 1 aliphatic rings. The van der Waals surface area contributed by atoms with Crippen LogP contribution in [0.3, 0.4) is 0 Å². The van der Waals surface area contributed by atoms with Crippen LogP contribution in [-0.4, -0.2) is 49.6 Å². The Balaban J connectivity index is 0. The summed E-state index contributed by atoms with van der Waals surface area (Å²) in [6.45, 7) is 18.5. The third kappa shape index (κ3) is 14.1. The van der Waals surface area contributed by atoms with Crippen LogP contribution in [0.15, 0.2) is 23.8 Å². The van der Waals surface area contributed by atoms with Gasteiger partial charge in [-0.3, -0.25) is 0 Å². The van der Waals surface area contributed by atoms with Crippen molar-refractivity contribution in [2.24, 2.45) is 5.92 Å². The highest BCUT2D eigenvalue weighted by molar-refractivity contribution is 5.35. The largest absolute Gasteiger partial charge is 0.306 e. The van der Waals surface area contributed by atoms with E-state index in [1.165, 1.54) is 51.9 Å². The lowest BCUT2D eigenvalue weighted by molar-refractivity contribution is 0.251. The van der Waals surface area contributed by atoms with Crippen LogP contribution in [0.25, 0.3) is 0 Å². The molecular formula is C23H45N3. The predicted octanol–water partition coefficient (Wildman–Crippen LogP) is 5.90. The summed E-state index contributed by atoms with van der Waals surface area (Å²) in [4.78, 5) is 5.03. The Morgan fingerprint density at radius 1 is 1.00 bits per heavy atom. The maximum atomic E-state index is 8.84. The average molecular weight is 364 g/mol. The molecule has 1 rings (SSSR count). The van der Waals surface area contributed by atoms with Crippen molar-refractivity contribution in [3.05, 3.63) is 23.8 Å². The van der Waals surface area contributed by atoms with Crippen molar-refractivity contribution in [1.29, 1.82) is 5.26 Å².